The third kappa shape index (κ3) is 5.30. The molecule has 166 valence electrons. The monoisotopic (exact) mass is 453 g/mol. The fraction of sp³-hybridized carbons (Fsp3) is 0.174. The first-order valence-electron chi connectivity index (χ1n) is 9.80. The third-order valence-electron chi connectivity index (χ3n) is 4.90. The predicted octanol–water partition coefficient (Wildman–Crippen LogP) is 3.76. The Morgan fingerprint density at radius 1 is 0.969 bits per heavy atom. The van der Waals surface area contributed by atoms with E-state index in [0.717, 1.165) is 21.5 Å². The van der Waals surface area contributed by atoms with Crippen LogP contribution < -0.4 is 4.31 Å². The zero-order chi connectivity index (χ0) is 23.3. The van der Waals surface area contributed by atoms with Gasteiger partial charge in [-0.15, -0.1) is 0 Å². The summed E-state index contributed by atoms with van der Waals surface area (Å²) in [6.45, 7) is 1.76. The smallest absolute Gasteiger partial charge is 0.271 e. The molecule has 0 fully saturated rings. The second-order valence-electron chi connectivity index (χ2n) is 7.34. The summed E-state index contributed by atoms with van der Waals surface area (Å²) < 4.78 is 27.6. The van der Waals surface area contributed by atoms with Crippen LogP contribution in [0, 0.1) is 17.0 Å². The van der Waals surface area contributed by atoms with Gasteiger partial charge in [0, 0.05) is 25.7 Å². The number of hydrogen-bond donors (Lipinski definition) is 0. The first-order valence-corrected chi connectivity index (χ1v) is 11.2. The molecule has 0 unspecified atom stereocenters. The summed E-state index contributed by atoms with van der Waals surface area (Å²) in [5.41, 5.74) is 1.77. The van der Waals surface area contributed by atoms with E-state index in [1.165, 1.54) is 35.2 Å². The van der Waals surface area contributed by atoms with Crippen molar-refractivity contribution in [3.8, 4) is 0 Å². The van der Waals surface area contributed by atoms with E-state index in [1.807, 2.05) is 31.2 Å². The predicted molar refractivity (Wildman–Crippen MR) is 122 cm³/mol. The molecule has 0 spiro atoms. The van der Waals surface area contributed by atoms with Gasteiger partial charge in [-0.25, -0.2) is 8.42 Å². The maximum atomic E-state index is 13.4. The molecule has 0 radical (unpaired) electrons. The highest BCUT2D eigenvalue weighted by atomic mass is 32.2. The van der Waals surface area contributed by atoms with Crippen LogP contribution in [0.25, 0.3) is 0 Å². The molecule has 0 saturated carbocycles. The molecule has 3 rings (SSSR count). The summed E-state index contributed by atoms with van der Waals surface area (Å²) in [5, 5.41) is 11.2. The number of carbonyl (C=O) groups is 1. The zero-order valence-corrected chi connectivity index (χ0v) is 18.5. The number of anilines is 1. The van der Waals surface area contributed by atoms with Crippen LogP contribution in [0.2, 0.25) is 0 Å². The van der Waals surface area contributed by atoms with Crippen molar-refractivity contribution in [1.29, 1.82) is 0 Å². The number of carbonyl (C=O) groups excluding carboxylic acids is 1. The second kappa shape index (κ2) is 9.61. The fourth-order valence-corrected chi connectivity index (χ4v) is 4.52. The number of nitro groups is 1. The van der Waals surface area contributed by atoms with Gasteiger partial charge in [0.05, 0.1) is 15.5 Å². The van der Waals surface area contributed by atoms with Crippen molar-refractivity contribution in [2.45, 2.75) is 18.4 Å². The lowest BCUT2D eigenvalue weighted by molar-refractivity contribution is -0.384. The number of benzene rings is 3. The Morgan fingerprint density at radius 3 is 2.25 bits per heavy atom. The van der Waals surface area contributed by atoms with Gasteiger partial charge in [0.15, 0.2) is 0 Å². The molecular weight excluding hydrogens is 430 g/mol. The molecule has 32 heavy (non-hydrogen) atoms. The molecule has 8 nitrogen and oxygen atoms in total. The SMILES string of the molecule is Cc1ccc(CN(C)C(=O)CN(c2cccc([N+](=O)[O-])c2)S(=O)(=O)c2ccccc2)cc1. The minimum Gasteiger partial charge on any atom is -0.340 e. The average molecular weight is 454 g/mol. The van der Waals surface area contributed by atoms with Gasteiger partial charge in [-0.05, 0) is 30.7 Å². The van der Waals surface area contributed by atoms with Crippen molar-refractivity contribution in [2.24, 2.45) is 0 Å². The Morgan fingerprint density at radius 2 is 1.62 bits per heavy atom. The molecule has 1 amide bonds. The molecule has 0 atom stereocenters. The van der Waals surface area contributed by atoms with Crippen LogP contribution >= 0.6 is 0 Å². The molecule has 0 aromatic heterocycles. The molecule has 3 aromatic rings. The van der Waals surface area contributed by atoms with Crippen LogP contribution in [0.1, 0.15) is 11.1 Å². The van der Waals surface area contributed by atoms with Crippen LogP contribution in [0.15, 0.2) is 83.8 Å². The van der Waals surface area contributed by atoms with Crippen molar-refractivity contribution >= 4 is 27.3 Å². The number of nitro benzene ring substituents is 1. The number of amides is 1. The largest absolute Gasteiger partial charge is 0.340 e. The van der Waals surface area contributed by atoms with E-state index < -0.39 is 27.4 Å². The van der Waals surface area contributed by atoms with E-state index in [0.29, 0.717) is 6.54 Å². The maximum absolute atomic E-state index is 13.4. The van der Waals surface area contributed by atoms with Gasteiger partial charge in [-0.3, -0.25) is 19.2 Å². The first-order chi connectivity index (χ1) is 15.2. The molecule has 9 heteroatoms. The molecule has 0 aliphatic carbocycles. The highest BCUT2D eigenvalue weighted by Gasteiger charge is 2.29. The van der Waals surface area contributed by atoms with Gasteiger partial charge in [0.2, 0.25) is 5.91 Å². The Balaban J connectivity index is 1.93. The van der Waals surface area contributed by atoms with Gasteiger partial charge in [-0.2, -0.15) is 0 Å². The van der Waals surface area contributed by atoms with E-state index in [9.17, 15) is 23.3 Å². The van der Waals surface area contributed by atoms with E-state index in [-0.39, 0.29) is 16.3 Å². The van der Waals surface area contributed by atoms with Crippen LogP contribution in [0.4, 0.5) is 11.4 Å². The molecule has 0 saturated heterocycles. The van der Waals surface area contributed by atoms with Crippen LogP contribution in [0.5, 0.6) is 0 Å². The van der Waals surface area contributed by atoms with Crippen molar-refractivity contribution < 1.29 is 18.1 Å². The molecular formula is C23H23N3O5S. The Kier molecular flexibility index (Phi) is 6.89. The van der Waals surface area contributed by atoms with Crippen LogP contribution in [-0.4, -0.2) is 37.7 Å². The summed E-state index contributed by atoms with van der Waals surface area (Å²) in [7, 11) is -2.55. The lowest BCUT2D eigenvalue weighted by Gasteiger charge is -2.26. The average Bonchev–Trinajstić information content (AvgIpc) is 2.79. The second-order valence-corrected chi connectivity index (χ2v) is 9.20. The summed E-state index contributed by atoms with van der Waals surface area (Å²) in [6.07, 6.45) is 0. The Hall–Kier alpha value is -3.72. The van der Waals surface area contributed by atoms with Crippen molar-refractivity contribution in [3.63, 3.8) is 0 Å². The van der Waals surface area contributed by atoms with E-state index in [4.69, 9.17) is 0 Å². The molecule has 3 aromatic carbocycles. The zero-order valence-electron chi connectivity index (χ0n) is 17.7. The fourth-order valence-electron chi connectivity index (χ4n) is 3.10. The summed E-state index contributed by atoms with van der Waals surface area (Å²) in [4.78, 5) is 25.0. The highest BCUT2D eigenvalue weighted by molar-refractivity contribution is 7.92. The Labute approximate surface area is 186 Å². The van der Waals surface area contributed by atoms with Crippen molar-refractivity contribution in [2.75, 3.05) is 17.9 Å². The quantitative estimate of drug-likeness (QED) is 0.382. The van der Waals surface area contributed by atoms with E-state index >= 15 is 0 Å². The topological polar surface area (TPSA) is 101 Å². The minimum absolute atomic E-state index is 0.0134. The highest BCUT2D eigenvalue weighted by Crippen LogP contribution is 2.27. The summed E-state index contributed by atoms with van der Waals surface area (Å²) in [5.74, 6) is -0.448. The van der Waals surface area contributed by atoms with E-state index in [1.54, 1.807) is 25.2 Å². The number of sulfonamides is 1. The minimum atomic E-state index is -4.14. The van der Waals surface area contributed by atoms with Crippen LogP contribution in [-0.2, 0) is 21.4 Å². The van der Waals surface area contributed by atoms with Crippen molar-refractivity contribution in [1.82, 2.24) is 4.90 Å². The number of nitrogens with zero attached hydrogens (tertiary/aromatic N) is 3. The number of likely N-dealkylation sites (N-methyl/N-ethyl adjacent to an activating group) is 1. The normalized spacial score (nSPS) is 11.1. The number of non-ortho nitro benzene ring substituents is 1. The van der Waals surface area contributed by atoms with Gasteiger partial charge in [-0.1, -0.05) is 54.1 Å². The van der Waals surface area contributed by atoms with Gasteiger partial charge in [0.25, 0.3) is 15.7 Å². The standard InChI is InChI=1S/C23H23N3O5S/c1-18-11-13-19(14-12-18)16-24(2)23(27)17-25(20-7-6-8-21(15-20)26(28)29)32(30,31)22-9-4-3-5-10-22/h3-15H,16-17H2,1-2H3. The Bertz CT molecular complexity index is 1210. The van der Waals surface area contributed by atoms with Gasteiger partial charge in [0.1, 0.15) is 6.54 Å². The van der Waals surface area contributed by atoms with Gasteiger partial charge < -0.3 is 4.90 Å². The number of rotatable bonds is 8. The number of hydrogen-bond acceptors (Lipinski definition) is 5. The molecule has 0 heterocycles. The van der Waals surface area contributed by atoms with E-state index in [2.05, 4.69) is 0 Å². The maximum Gasteiger partial charge on any atom is 0.271 e. The molecule has 0 aliphatic heterocycles. The lowest BCUT2D eigenvalue weighted by atomic mass is 10.1. The molecule has 0 bridgehead atoms. The first kappa shape index (κ1) is 23.0. The van der Waals surface area contributed by atoms with Gasteiger partial charge >= 0.3 is 0 Å². The summed E-state index contributed by atoms with van der Waals surface area (Å²) in [6, 6.07) is 20.6. The van der Waals surface area contributed by atoms with Crippen LogP contribution in [0.3, 0.4) is 0 Å². The van der Waals surface area contributed by atoms with Crippen molar-refractivity contribution in [3.05, 3.63) is 100 Å². The third-order valence-corrected chi connectivity index (χ3v) is 6.69. The lowest BCUT2D eigenvalue weighted by Crippen LogP contribution is -2.41. The molecule has 0 aliphatic rings. The summed E-state index contributed by atoms with van der Waals surface area (Å²) >= 11 is 0. The molecule has 0 N–H and O–H groups in total. The number of aryl methyl sites for hydroxylation is 1.